The Kier molecular flexibility index (Phi) is 2.64. The predicted molar refractivity (Wildman–Crippen MR) is 56.8 cm³/mol. The Bertz CT molecular complexity index is 440. The number of alkyl halides is 2. The lowest BCUT2D eigenvalue weighted by Gasteiger charge is -1.94. The summed E-state index contributed by atoms with van der Waals surface area (Å²) < 4.78 is 25.4. The Morgan fingerprint density at radius 2 is 1.79 bits per heavy atom. The fraction of sp³-hybridized carbons (Fsp3) is 0.111. The van der Waals surface area contributed by atoms with Crippen LogP contribution >= 0.6 is 34.5 Å². The third kappa shape index (κ3) is 1.60. The van der Waals surface area contributed by atoms with Crippen LogP contribution in [0.15, 0.2) is 18.2 Å². The minimum absolute atomic E-state index is 0.00463. The van der Waals surface area contributed by atoms with E-state index >= 15 is 0 Å². The van der Waals surface area contributed by atoms with E-state index in [1.165, 1.54) is 6.07 Å². The van der Waals surface area contributed by atoms with Crippen LogP contribution in [0.2, 0.25) is 10.0 Å². The van der Waals surface area contributed by atoms with Crippen LogP contribution in [0.3, 0.4) is 0 Å². The van der Waals surface area contributed by atoms with Crippen LogP contribution in [0.25, 0.3) is 10.1 Å². The molecule has 1 aromatic carbocycles. The van der Waals surface area contributed by atoms with Gasteiger partial charge in [0.1, 0.15) is 0 Å². The van der Waals surface area contributed by atoms with Crippen molar-refractivity contribution >= 4 is 44.6 Å². The van der Waals surface area contributed by atoms with Gasteiger partial charge >= 0.3 is 0 Å². The molecule has 1 aromatic heterocycles. The van der Waals surface area contributed by atoms with Gasteiger partial charge in [0, 0.05) is 10.4 Å². The van der Waals surface area contributed by atoms with Crippen molar-refractivity contribution in [2.45, 2.75) is 6.43 Å². The molecule has 0 aliphatic rings. The summed E-state index contributed by atoms with van der Waals surface area (Å²) in [4.78, 5) is -0.00463. The number of halogens is 4. The van der Waals surface area contributed by atoms with E-state index in [0.717, 1.165) is 11.3 Å². The Balaban J connectivity index is 2.75. The van der Waals surface area contributed by atoms with Crippen LogP contribution in [-0.2, 0) is 0 Å². The minimum atomic E-state index is -2.47. The molecule has 0 bridgehead atoms. The average molecular weight is 253 g/mol. The van der Waals surface area contributed by atoms with E-state index in [2.05, 4.69) is 0 Å². The van der Waals surface area contributed by atoms with E-state index < -0.39 is 6.43 Å². The van der Waals surface area contributed by atoms with E-state index in [1.807, 2.05) is 0 Å². The zero-order valence-electron chi connectivity index (χ0n) is 6.73. The first kappa shape index (κ1) is 10.1. The summed E-state index contributed by atoms with van der Waals surface area (Å²) in [6.07, 6.45) is -2.47. The van der Waals surface area contributed by atoms with Crippen LogP contribution in [0.4, 0.5) is 8.78 Å². The van der Waals surface area contributed by atoms with Crippen LogP contribution in [0, 0.1) is 0 Å². The molecule has 0 amide bonds. The maximum atomic E-state index is 12.4. The monoisotopic (exact) mass is 252 g/mol. The predicted octanol–water partition coefficient (Wildman–Crippen LogP) is 5.15. The molecule has 74 valence electrons. The molecule has 0 unspecified atom stereocenters. The lowest BCUT2D eigenvalue weighted by molar-refractivity contribution is 0.156. The van der Waals surface area contributed by atoms with Gasteiger partial charge in [0.05, 0.1) is 14.6 Å². The first-order chi connectivity index (χ1) is 6.59. The van der Waals surface area contributed by atoms with Gasteiger partial charge in [-0.3, -0.25) is 0 Å². The molecule has 14 heavy (non-hydrogen) atoms. The number of fused-ring (bicyclic) bond motifs is 1. The number of thiophene rings is 1. The SMILES string of the molecule is FC(F)c1cc2c(Cl)ccc(Cl)c2s1. The highest BCUT2D eigenvalue weighted by Crippen LogP contribution is 2.39. The summed E-state index contributed by atoms with van der Waals surface area (Å²) in [6, 6.07) is 4.60. The van der Waals surface area contributed by atoms with Gasteiger partial charge in [-0.25, -0.2) is 8.78 Å². The normalized spacial score (nSPS) is 11.5. The minimum Gasteiger partial charge on any atom is -0.204 e. The maximum Gasteiger partial charge on any atom is 0.272 e. The van der Waals surface area contributed by atoms with Gasteiger partial charge in [0.15, 0.2) is 0 Å². The maximum absolute atomic E-state index is 12.4. The Hall–Kier alpha value is -0.380. The Morgan fingerprint density at radius 1 is 1.14 bits per heavy atom. The van der Waals surface area contributed by atoms with Gasteiger partial charge in [-0.2, -0.15) is 0 Å². The van der Waals surface area contributed by atoms with E-state index in [-0.39, 0.29) is 4.88 Å². The second-order valence-corrected chi connectivity index (χ2v) is 4.62. The zero-order valence-corrected chi connectivity index (χ0v) is 9.06. The van der Waals surface area contributed by atoms with Gasteiger partial charge in [-0.1, -0.05) is 23.2 Å². The summed E-state index contributed by atoms with van der Waals surface area (Å²) in [5.41, 5.74) is 0. The smallest absolute Gasteiger partial charge is 0.204 e. The number of rotatable bonds is 1. The summed E-state index contributed by atoms with van der Waals surface area (Å²) in [6.45, 7) is 0. The second kappa shape index (κ2) is 3.65. The van der Waals surface area contributed by atoms with Crippen molar-refractivity contribution in [1.29, 1.82) is 0 Å². The molecule has 1 heterocycles. The molecule has 0 aliphatic heterocycles. The molecular weight excluding hydrogens is 249 g/mol. The summed E-state index contributed by atoms with van der Waals surface area (Å²) >= 11 is 12.7. The molecule has 0 fully saturated rings. The van der Waals surface area contributed by atoms with Crippen molar-refractivity contribution in [2.24, 2.45) is 0 Å². The highest BCUT2D eigenvalue weighted by Gasteiger charge is 2.14. The molecular formula is C9H4Cl2F2S. The van der Waals surface area contributed by atoms with Crippen molar-refractivity contribution in [3.05, 3.63) is 33.1 Å². The molecule has 2 rings (SSSR count). The molecule has 0 saturated carbocycles. The number of benzene rings is 1. The molecule has 0 saturated heterocycles. The fourth-order valence-corrected chi connectivity index (χ4v) is 2.68. The third-order valence-electron chi connectivity index (χ3n) is 1.82. The summed E-state index contributed by atoms with van der Waals surface area (Å²) in [5, 5.41) is 1.51. The fourth-order valence-electron chi connectivity index (χ4n) is 1.18. The van der Waals surface area contributed by atoms with Crippen molar-refractivity contribution < 1.29 is 8.78 Å². The van der Waals surface area contributed by atoms with E-state index in [4.69, 9.17) is 23.2 Å². The summed E-state index contributed by atoms with van der Waals surface area (Å²) in [7, 11) is 0. The second-order valence-electron chi connectivity index (χ2n) is 2.72. The van der Waals surface area contributed by atoms with E-state index in [9.17, 15) is 8.78 Å². The largest absolute Gasteiger partial charge is 0.272 e. The first-order valence-corrected chi connectivity index (χ1v) is 5.32. The highest BCUT2D eigenvalue weighted by atomic mass is 35.5. The van der Waals surface area contributed by atoms with Gasteiger partial charge in [-0.15, -0.1) is 11.3 Å². The summed E-state index contributed by atoms with van der Waals surface area (Å²) in [5.74, 6) is 0. The van der Waals surface area contributed by atoms with Crippen molar-refractivity contribution in [2.75, 3.05) is 0 Å². The zero-order chi connectivity index (χ0) is 10.3. The van der Waals surface area contributed by atoms with E-state index in [1.54, 1.807) is 12.1 Å². The molecule has 0 N–H and O–H groups in total. The van der Waals surface area contributed by atoms with Gasteiger partial charge < -0.3 is 0 Å². The molecule has 0 atom stereocenters. The lowest BCUT2D eigenvalue weighted by Crippen LogP contribution is -1.72. The van der Waals surface area contributed by atoms with Crippen LogP contribution < -0.4 is 0 Å². The van der Waals surface area contributed by atoms with Crippen molar-refractivity contribution in [3.8, 4) is 0 Å². The Morgan fingerprint density at radius 3 is 2.36 bits per heavy atom. The standard InChI is InChI=1S/C9H4Cl2F2S/c10-5-1-2-6(11)8-4(5)3-7(14-8)9(12)13/h1-3,9H. The van der Waals surface area contributed by atoms with Crippen LogP contribution in [0.1, 0.15) is 11.3 Å². The van der Waals surface area contributed by atoms with Gasteiger partial charge in [0.2, 0.25) is 0 Å². The van der Waals surface area contributed by atoms with Crippen molar-refractivity contribution in [1.82, 2.24) is 0 Å². The van der Waals surface area contributed by atoms with Crippen LogP contribution in [0.5, 0.6) is 0 Å². The topological polar surface area (TPSA) is 0 Å². The molecule has 0 radical (unpaired) electrons. The Labute approximate surface area is 93.1 Å². The third-order valence-corrected chi connectivity index (χ3v) is 3.75. The highest BCUT2D eigenvalue weighted by molar-refractivity contribution is 7.19. The van der Waals surface area contributed by atoms with Crippen molar-refractivity contribution in [3.63, 3.8) is 0 Å². The molecule has 5 heteroatoms. The number of hydrogen-bond acceptors (Lipinski definition) is 1. The first-order valence-electron chi connectivity index (χ1n) is 3.75. The molecule has 0 aliphatic carbocycles. The lowest BCUT2D eigenvalue weighted by atomic mass is 10.2. The quantitative estimate of drug-likeness (QED) is 0.659. The molecule has 0 spiro atoms. The van der Waals surface area contributed by atoms with Gasteiger partial charge in [-0.05, 0) is 18.2 Å². The van der Waals surface area contributed by atoms with Gasteiger partial charge in [0.25, 0.3) is 6.43 Å². The van der Waals surface area contributed by atoms with E-state index in [0.29, 0.717) is 20.1 Å². The van der Waals surface area contributed by atoms with Crippen LogP contribution in [-0.4, -0.2) is 0 Å². The molecule has 2 aromatic rings. The molecule has 0 nitrogen and oxygen atoms in total. The number of hydrogen-bond donors (Lipinski definition) is 0. The average Bonchev–Trinajstić information content (AvgIpc) is 2.57.